The van der Waals surface area contributed by atoms with Crippen LogP contribution in [0, 0.1) is 5.92 Å². The van der Waals surface area contributed by atoms with E-state index in [1.165, 1.54) is 32.1 Å². The minimum atomic E-state index is -0.110. The maximum absolute atomic E-state index is 12.0. The van der Waals surface area contributed by atoms with Crippen molar-refractivity contribution >= 4 is 5.97 Å². The Kier molecular flexibility index (Phi) is 5.22. The summed E-state index contributed by atoms with van der Waals surface area (Å²) in [6, 6.07) is 0. The molecule has 0 aromatic carbocycles. The summed E-state index contributed by atoms with van der Waals surface area (Å²) in [4.78, 5) is 14.5. The molecule has 1 saturated carbocycles. The molecule has 2 rings (SSSR count). The third-order valence-corrected chi connectivity index (χ3v) is 4.47. The van der Waals surface area contributed by atoms with Crippen LogP contribution in [0.5, 0.6) is 0 Å². The van der Waals surface area contributed by atoms with Crippen LogP contribution in [0.4, 0.5) is 0 Å². The van der Waals surface area contributed by atoms with Gasteiger partial charge in [0, 0.05) is 7.11 Å². The van der Waals surface area contributed by atoms with Crippen LogP contribution in [0.3, 0.4) is 0 Å². The van der Waals surface area contributed by atoms with Gasteiger partial charge in [-0.25, -0.2) is 0 Å². The minimum absolute atomic E-state index is 0.0722. The van der Waals surface area contributed by atoms with Gasteiger partial charge in [0.25, 0.3) is 0 Å². The predicted octanol–water partition coefficient (Wildman–Crippen LogP) is 2.22. The van der Waals surface area contributed by atoms with E-state index in [9.17, 15) is 4.79 Å². The summed E-state index contributed by atoms with van der Waals surface area (Å²) >= 11 is 0. The molecule has 0 aromatic heterocycles. The lowest BCUT2D eigenvalue weighted by atomic mass is 9.86. The number of piperidine rings is 1. The van der Waals surface area contributed by atoms with Gasteiger partial charge in [-0.1, -0.05) is 6.42 Å². The van der Waals surface area contributed by atoms with Crippen LogP contribution in [0.25, 0.3) is 0 Å². The Morgan fingerprint density at radius 1 is 1.26 bits per heavy atom. The Morgan fingerprint density at radius 3 is 2.47 bits per heavy atom. The summed E-state index contributed by atoms with van der Waals surface area (Å²) in [5.74, 6) is 0.534. The van der Waals surface area contributed by atoms with E-state index in [2.05, 4.69) is 4.90 Å². The molecular weight excluding hydrogens is 242 g/mol. The fourth-order valence-electron chi connectivity index (χ4n) is 3.45. The Hall–Kier alpha value is -0.610. The van der Waals surface area contributed by atoms with Crippen LogP contribution in [0.1, 0.15) is 45.4 Å². The molecule has 1 unspecified atom stereocenters. The van der Waals surface area contributed by atoms with Crippen molar-refractivity contribution in [3.05, 3.63) is 0 Å². The highest BCUT2D eigenvalue weighted by atomic mass is 16.5. The first-order chi connectivity index (χ1) is 9.23. The van der Waals surface area contributed by atoms with Gasteiger partial charge in [-0.15, -0.1) is 0 Å². The van der Waals surface area contributed by atoms with Gasteiger partial charge in [0.15, 0.2) is 0 Å². The highest BCUT2D eigenvalue weighted by Crippen LogP contribution is 2.46. The fraction of sp³-hybridized carbons (Fsp3) is 0.933. The Labute approximate surface area is 116 Å². The van der Waals surface area contributed by atoms with Crippen molar-refractivity contribution in [2.24, 2.45) is 5.92 Å². The van der Waals surface area contributed by atoms with E-state index >= 15 is 0 Å². The summed E-state index contributed by atoms with van der Waals surface area (Å²) < 4.78 is 10.7. The Balaban J connectivity index is 2.11. The Bertz CT molecular complexity index is 298. The number of carbonyl (C=O) groups excluding carboxylic acids is 1. The largest absolute Gasteiger partial charge is 0.466 e. The minimum Gasteiger partial charge on any atom is -0.466 e. The molecule has 0 radical (unpaired) electrons. The maximum Gasteiger partial charge on any atom is 0.307 e. The number of nitrogens with zero attached hydrogens (tertiary/aromatic N) is 1. The second-order valence-electron chi connectivity index (χ2n) is 5.84. The van der Waals surface area contributed by atoms with Crippen LogP contribution in [-0.4, -0.2) is 49.8 Å². The molecule has 0 bridgehead atoms. The van der Waals surface area contributed by atoms with Crippen molar-refractivity contribution in [1.82, 2.24) is 4.90 Å². The average molecular weight is 269 g/mol. The van der Waals surface area contributed by atoms with Crippen molar-refractivity contribution in [3.63, 3.8) is 0 Å². The number of rotatable bonds is 7. The standard InChI is InChI=1S/C15H27NO3/c1-3-19-14(17)11-15(12-18-2,13-7-8-13)16-9-5-4-6-10-16/h13H,3-12H2,1-2H3. The van der Waals surface area contributed by atoms with Gasteiger partial charge in [0.05, 0.1) is 25.2 Å². The number of ether oxygens (including phenoxy) is 2. The zero-order valence-corrected chi connectivity index (χ0v) is 12.3. The Morgan fingerprint density at radius 2 is 1.95 bits per heavy atom. The number of methoxy groups -OCH3 is 1. The van der Waals surface area contributed by atoms with Gasteiger partial charge < -0.3 is 9.47 Å². The molecule has 0 aromatic rings. The van der Waals surface area contributed by atoms with Gasteiger partial charge in [-0.05, 0) is 51.6 Å². The van der Waals surface area contributed by atoms with Crippen LogP contribution in [-0.2, 0) is 14.3 Å². The molecule has 1 atom stereocenters. The van der Waals surface area contributed by atoms with Crippen molar-refractivity contribution in [2.75, 3.05) is 33.4 Å². The van der Waals surface area contributed by atoms with Crippen LogP contribution < -0.4 is 0 Å². The number of esters is 1. The molecule has 4 heteroatoms. The van der Waals surface area contributed by atoms with Crippen LogP contribution in [0.15, 0.2) is 0 Å². The molecule has 1 aliphatic heterocycles. The maximum atomic E-state index is 12.0. The third-order valence-electron chi connectivity index (χ3n) is 4.47. The van der Waals surface area contributed by atoms with E-state index in [1.807, 2.05) is 6.92 Å². The van der Waals surface area contributed by atoms with E-state index in [0.29, 0.717) is 25.6 Å². The van der Waals surface area contributed by atoms with E-state index in [1.54, 1.807) is 7.11 Å². The lowest BCUT2D eigenvalue weighted by molar-refractivity contribution is -0.149. The zero-order valence-electron chi connectivity index (χ0n) is 12.3. The molecule has 2 fully saturated rings. The van der Waals surface area contributed by atoms with Gasteiger partial charge >= 0.3 is 5.97 Å². The smallest absolute Gasteiger partial charge is 0.307 e. The van der Waals surface area contributed by atoms with E-state index in [0.717, 1.165) is 13.1 Å². The molecule has 2 aliphatic rings. The summed E-state index contributed by atoms with van der Waals surface area (Å²) in [5.41, 5.74) is -0.110. The van der Waals surface area contributed by atoms with Gasteiger partial charge in [0.2, 0.25) is 0 Å². The van der Waals surface area contributed by atoms with E-state index in [-0.39, 0.29) is 11.5 Å². The lowest BCUT2D eigenvalue weighted by Gasteiger charge is -2.45. The number of hydrogen-bond acceptors (Lipinski definition) is 4. The summed E-state index contributed by atoms with van der Waals surface area (Å²) in [6.45, 7) is 5.18. The van der Waals surface area contributed by atoms with Gasteiger partial charge in [-0.2, -0.15) is 0 Å². The number of hydrogen-bond donors (Lipinski definition) is 0. The monoisotopic (exact) mass is 269 g/mol. The number of carbonyl (C=O) groups is 1. The topological polar surface area (TPSA) is 38.8 Å². The summed E-state index contributed by atoms with van der Waals surface area (Å²) in [6.07, 6.45) is 6.71. The first-order valence-electron chi connectivity index (χ1n) is 7.62. The van der Waals surface area contributed by atoms with E-state index in [4.69, 9.17) is 9.47 Å². The molecule has 1 heterocycles. The normalized spacial score (nSPS) is 23.9. The van der Waals surface area contributed by atoms with Crippen molar-refractivity contribution in [1.29, 1.82) is 0 Å². The molecule has 1 saturated heterocycles. The van der Waals surface area contributed by atoms with Gasteiger partial charge in [-0.3, -0.25) is 9.69 Å². The molecule has 110 valence electrons. The second kappa shape index (κ2) is 6.71. The fourth-order valence-corrected chi connectivity index (χ4v) is 3.45. The molecule has 0 N–H and O–H groups in total. The van der Waals surface area contributed by atoms with Crippen LogP contribution >= 0.6 is 0 Å². The highest BCUT2D eigenvalue weighted by Gasteiger charge is 2.50. The third kappa shape index (κ3) is 3.48. The van der Waals surface area contributed by atoms with Crippen LogP contribution in [0.2, 0.25) is 0 Å². The quantitative estimate of drug-likeness (QED) is 0.664. The average Bonchev–Trinajstić information content (AvgIpc) is 3.24. The molecule has 0 spiro atoms. The van der Waals surface area contributed by atoms with Gasteiger partial charge in [0.1, 0.15) is 0 Å². The molecule has 4 nitrogen and oxygen atoms in total. The van der Waals surface area contributed by atoms with Crippen molar-refractivity contribution in [3.8, 4) is 0 Å². The van der Waals surface area contributed by atoms with Crippen molar-refractivity contribution < 1.29 is 14.3 Å². The predicted molar refractivity (Wildman–Crippen MR) is 74.0 cm³/mol. The molecular formula is C15H27NO3. The van der Waals surface area contributed by atoms with Crippen molar-refractivity contribution in [2.45, 2.75) is 51.0 Å². The molecule has 0 amide bonds. The second-order valence-corrected chi connectivity index (χ2v) is 5.84. The first kappa shape index (κ1) is 14.8. The lowest BCUT2D eigenvalue weighted by Crippen LogP contribution is -2.56. The highest BCUT2D eigenvalue weighted by molar-refractivity contribution is 5.71. The number of likely N-dealkylation sites (tertiary alicyclic amines) is 1. The summed E-state index contributed by atoms with van der Waals surface area (Å²) in [5, 5.41) is 0. The molecule has 19 heavy (non-hydrogen) atoms. The van der Waals surface area contributed by atoms with E-state index < -0.39 is 0 Å². The molecule has 1 aliphatic carbocycles. The SMILES string of the molecule is CCOC(=O)CC(COC)(C1CC1)N1CCCCC1. The summed E-state index contributed by atoms with van der Waals surface area (Å²) in [7, 11) is 1.74. The first-order valence-corrected chi connectivity index (χ1v) is 7.62. The zero-order chi connectivity index (χ0) is 13.7.